The van der Waals surface area contributed by atoms with E-state index in [1.54, 1.807) is 0 Å². The standard InChI is InChI=1S/C26H22ClF3N2O5S/c27-18-6-4-13(25(34)31-16-5-7-19(28)20(29)12-16)8-22(18)38(36,37)17-10-14-9-15(11-17)26(14,35)24(33)21-2-1-3-23(30)32-21/h1-8,12,14-15,17,24,33,35H,9-11H2,(H,31,34)/t14?,15?,17?,24-,26?/m1/s1. The van der Waals surface area contributed by atoms with Crippen LogP contribution in [-0.4, -0.2) is 40.4 Å². The van der Waals surface area contributed by atoms with E-state index in [9.17, 15) is 36.6 Å². The fourth-order valence-electron chi connectivity index (χ4n) is 5.53. The number of rotatable bonds is 6. The van der Waals surface area contributed by atoms with Crippen molar-refractivity contribution in [3.8, 4) is 0 Å². The van der Waals surface area contributed by atoms with Gasteiger partial charge in [0, 0.05) is 17.3 Å². The summed E-state index contributed by atoms with van der Waals surface area (Å²) in [5, 5.41) is 23.4. The molecule has 7 nitrogen and oxygen atoms in total. The number of aliphatic hydroxyl groups excluding tert-OH is 1. The van der Waals surface area contributed by atoms with Gasteiger partial charge in [-0.05, 0) is 73.6 Å². The van der Waals surface area contributed by atoms with Crippen molar-refractivity contribution in [1.82, 2.24) is 4.98 Å². The van der Waals surface area contributed by atoms with Crippen LogP contribution in [0.3, 0.4) is 0 Å². The third-order valence-electron chi connectivity index (χ3n) is 7.54. The minimum Gasteiger partial charge on any atom is -0.386 e. The lowest BCUT2D eigenvalue weighted by atomic mass is 9.51. The lowest BCUT2D eigenvalue weighted by Crippen LogP contribution is -2.64. The zero-order valence-corrected chi connectivity index (χ0v) is 21.2. The Bertz CT molecular complexity index is 1530. The van der Waals surface area contributed by atoms with Crippen molar-refractivity contribution in [3.05, 3.63) is 88.5 Å². The lowest BCUT2D eigenvalue weighted by Gasteiger charge is -2.59. The van der Waals surface area contributed by atoms with E-state index in [4.69, 9.17) is 11.6 Å². The van der Waals surface area contributed by atoms with Gasteiger partial charge < -0.3 is 15.5 Å². The van der Waals surface area contributed by atoms with Crippen molar-refractivity contribution < 1.29 is 36.6 Å². The van der Waals surface area contributed by atoms with Gasteiger partial charge in [0.2, 0.25) is 5.95 Å². The average Bonchev–Trinajstić information content (AvgIpc) is 2.90. The fraction of sp³-hybridized carbons (Fsp3) is 0.308. The van der Waals surface area contributed by atoms with Crippen molar-refractivity contribution in [2.45, 2.75) is 41.1 Å². The van der Waals surface area contributed by atoms with Crippen LogP contribution in [0.1, 0.15) is 41.4 Å². The smallest absolute Gasteiger partial charge is 0.255 e. The number of hydrogen-bond acceptors (Lipinski definition) is 6. The van der Waals surface area contributed by atoms with Crippen LogP contribution >= 0.6 is 11.6 Å². The molecule has 2 unspecified atom stereocenters. The maximum absolute atomic E-state index is 13.6. The maximum Gasteiger partial charge on any atom is 0.255 e. The summed E-state index contributed by atoms with van der Waals surface area (Å²) in [5.74, 6) is -4.97. The van der Waals surface area contributed by atoms with Crippen molar-refractivity contribution in [3.63, 3.8) is 0 Å². The number of fused-ring (bicyclic) bond motifs is 2. The molecule has 12 heteroatoms. The van der Waals surface area contributed by atoms with Crippen LogP contribution in [0.5, 0.6) is 0 Å². The van der Waals surface area contributed by atoms with E-state index in [1.807, 2.05) is 0 Å². The van der Waals surface area contributed by atoms with Crippen molar-refractivity contribution >= 4 is 33.0 Å². The molecule has 3 N–H and O–H groups in total. The lowest BCUT2D eigenvalue weighted by molar-refractivity contribution is -0.234. The number of sulfone groups is 1. The number of carbonyl (C=O) groups excluding carboxylic acids is 1. The first kappa shape index (κ1) is 26.6. The van der Waals surface area contributed by atoms with E-state index in [-0.39, 0.29) is 39.7 Å². The fourth-order valence-corrected chi connectivity index (χ4v) is 7.93. The second-order valence-electron chi connectivity index (χ2n) is 9.67. The molecule has 200 valence electrons. The molecule has 3 aliphatic carbocycles. The number of carbonyl (C=O) groups is 1. The molecule has 2 bridgehead atoms. The Morgan fingerprint density at radius 2 is 1.74 bits per heavy atom. The van der Waals surface area contributed by atoms with Gasteiger partial charge in [-0.1, -0.05) is 17.7 Å². The first-order chi connectivity index (χ1) is 17.9. The minimum atomic E-state index is -4.07. The Kier molecular flexibility index (Phi) is 6.75. The molecule has 1 amide bonds. The van der Waals surface area contributed by atoms with Crippen molar-refractivity contribution in [2.75, 3.05) is 5.32 Å². The largest absolute Gasteiger partial charge is 0.386 e. The number of anilines is 1. The summed E-state index contributed by atoms with van der Waals surface area (Å²) < 4.78 is 67.4. The molecule has 3 aromatic rings. The molecular formula is C26H22ClF3N2O5S. The molecule has 1 heterocycles. The molecule has 3 fully saturated rings. The summed E-state index contributed by atoms with van der Waals surface area (Å²) in [7, 11) is -4.07. The van der Waals surface area contributed by atoms with Crippen LogP contribution in [0.4, 0.5) is 18.9 Å². The van der Waals surface area contributed by atoms with E-state index in [1.165, 1.54) is 24.3 Å². The Balaban J connectivity index is 1.36. The van der Waals surface area contributed by atoms with Crippen molar-refractivity contribution in [1.29, 1.82) is 0 Å². The zero-order valence-electron chi connectivity index (χ0n) is 19.6. The number of benzene rings is 2. The highest BCUT2D eigenvalue weighted by Crippen LogP contribution is 2.60. The number of pyridine rings is 1. The molecule has 38 heavy (non-hydrogen) atoms. The molecule has 0 saturated heterocycles. The van der Waals surface area contributed by atoms with E-state index in [0.717, 1.165) is 30.3 Å². The molecule has 6 rings (SSSR count). The highest BCUT2D eigenvalue weighted by Gasteiger charge is 2.63. The maximum atomic E-state index is 13.6. The summed E-state index contributed by atoms with van der Waals surface area (Å²) in [4.78, 5) is 16.1. The first-order valence-electron chi connectivity index (χ1n) is 11.7. The Morgan fingerprint density at radius 3 is 2.39 bits per heavy atom. The van der Waals surface area contributed by atoms with Crippen LogP contribution in [0.25, 0.3) is 0 Å². The van der Waals surface area contributed by atoms with Gasteiger partial charge in [-0.15, -0.1) is 0 Å². The molecule has 3 aliphatic rings. The predicted octanol–water partition coefficient (Wildman–Crippen LogP) is 4.44. The van der Waals surface area contributed by atoms with Gasteiger partial charge in [-0.2, -0.15) is 4.39 Å². The second kappa shape index (κ2) is 9.64. The SMILES string of the molecule is O=C(Nc1ccc(F)c(F)c1)c1ccc(Cl)c(S(=O)(=O)C2CC3CC(C2)C3(O)[C@H](O)c2cccc(F)n2)c1. The number of halogens is 4. The zero-order chi connectivity index (χ0) is 27.4. The van der Waals surface area contributed by atoms with Gasteiger partial charge in [0.25, 0.3) is 5.91 Å². The van der Waals surface area contributed by atoms with Gasteiger partial charge in [0.15, 0.2) is 21.5 Å². The highest BCUT2D eigenvalue weighted by molar-refractivity contribution is 7.92. The van der Waals surface area contributed by atoms with E-state index in [0.29, 0.717) is 6.42 Å². The summed E-state index contributed by atoms with van der Waals surface area (Å²) in [6.07, 6.45) is -0.969. The topological polar surface area (TPSA) is 117 Å². The third kappa shape index (κ3) is 4.47. The van der Waals surface area contributed by atoms with Crippen LogP contribution < -0.4 is 5.32 Å². The van der Waals surface area contributed by atoms with Crippen LogP contribution in [-0.2, 0) is 9.84 Å². The number of nitrogens with zero attached hydrogens (tertiary/aromatic N) is 1. The predicted molar refractivity (Wildman–Crippen MR) is 132 cm³/mol. The van der Waals surface area contributed by atoms with Crippen molar-refractivity contribution in [2.24, 2.45) is 11.8 Å². The summed E-state index contributed by atoms with van der Waals surface area (Å²) in [6.45, 7) is 0. The number of amides is 1. The van der Waals surface area contributed by atoms with Gasteiger partial charge in [-0.25, -0.2) is 22.2 Å². The number of aromatic nitrogens is 1. The first-order valence-corrected chi connectivity index (χ1v) is 13.7. The molecule has 3 saturated carbocycles. The minimum absolute atomic E-state index is 0.0172. The molecule has 2 aromatic carbocycles. The van der Waals surface area contributed by atoms with E-state index in [2.05, 4.69) is 10.3 Å². The Hall–Kier alpha value is -2.99. The Labute approximate surface area is 221 Å². The number of aliphatic hydroxyl groups is 2. The molecular weight excluding hydrogens is 545 g/mol. The Morgan fingerprint density at radius 1 is 1.03 bits per heavy atom. The molecule has 0 aliphatic heterocycles. The van der Waals surface area contributed by atoms with E-state index >= 15 is 0 Å². The van der Waals surface area contributed by atoms with Crippen LogP contribution in [0, 0.1) is 29.4 Å². The number of hydrogen-bond donors (Lipinski definition) is 3. The second-order valence-corrected chi connectivity index (χ2v) is 12.3. The monoisotopic (exact) mass is 566 g/mol. The van der Waals surface area contributed by atoms with Gasteiger partial charge in [0.1, 0.15) is 11.7 Å². The summed E-state index contributed by atoms with van der Waals surface area (Å²) in [5.41, 5.74) is -1.77. The van der Waals surface area contributed by atoms with Gasteiger partial charge >= 0.3 is 0 Å². The molecule has 0 spiro atoms. The van der Waals surface area contributed by atoms with Crippen LogP contribution in [0.15, 0.2) is 59.5 Å². The van der Waals surface area contributed by atoms with Gasteiger partial charge in [-0.3, -0.25) is 4.79 Å². The normalized spacial score (nSPS) is 25.4. The summed E-state index contributed by atoms with van der Waals surface area (Å²) >= 11 is 6.22. The van der Waals surface area contributed by atoms with E-state index < -0.39 is 62.1 Å². The average molecular weight is 567 g/mol. The molecule has 0 radical (unpaired) electrons. The quantitative estimate of drug-likeness (QED) is 0.380. The molecule has 1 aromatic heterocycles. The molecule has 3 atom stereocenters. The third-order valence-corrected chi connectivity index (χ3v) is 10.2. The van der Waals surface area contributed by atoms with Crippen LogP contribution in [0.2, 0.25) is 5.02 Å². The number of nitrogens with one attached hydrogen (secondary N) is 1. The highest BCUT2D eigenvalue weighted by atomic mass is 35.5. The van der Waals surface area contributed by atoms with Gasteiger partial charge in [0.05, 0.1) is 20.9 Å². The summed E-state index contributed by atoms with van der Waals surface area (Å²) in [6, 6.07) is 10.3.